The smallest absolute Gasteiger partial charge is 0.193 e. The number of nitrogens with one attached hydrogen (secondary N) is 1. The van der Waals surface area contributed by atoms with Gasteiger partial charge < -0.3 is 19.7 Å². The topological polar surface area (TPSA) is 46.1 Å². The highest BCUT2D eigenvalue weighted by atomic mass is 16.5. The van der Waals surface area contributed by atoms with Crippen LogP contribution in [0.4, 0.5) is 0 Å². The Kier molecular flexibility index (Phi) is 8.81. The minimum Gasteiger partial charge on any atom is -0.376 e. The first-order valence-electron chi connectivity index (χ1n) is 11.5. The Bertz CT molecular complexity index is 635. The van der Waals surface area contributed by atoms with E-state index >= 15 is 0 Å². The van der Waals surface area contributed by atoms with Crippen LogP contribution in [0.15, 0.2) is 29.3 Å². The van der Waals surface area contributed by atoms with Gasteiger partial charge in [0, 0.05) is 38.7 Å². The number of hydrogen-bond donors (Lipinski definition) is 1. The van der Waals surface area contributed by atoms with Gasteiger partial charge in [0.25, 0.3) is 0 Å². The van der Waals surface area contributed by atoms with Crippen molar-refractivity contribution in [2.45, 2.75) is 71.0 Å². The third-order valence-corrected chi connectivity index (χ3v) is 5.99. The van der Waals surface area contributed by atoms with E-state index in [1.54, 1.807) is 0 Å². The van der Waals surface area contributed by atoms with Crippen molar-refractivity contribution >= 4 is 5.96 Å². The van der Waals surface area contributed by atoms with E-state index in [-0.39, 0.29) is 0 Å². The number of piperidine rings is 1. The summed E-state index contributed by atoms with van der Waals surface area (Å²) in [5.74, 6) is 1.46. The maximum atomic E-state index is 6.17. The number of aryl methyl sites for hydroxylation is 1. The number of ether oxygens (including phenoxy) is 2. The van der Waals surface area contributed by atoms with Crippen molar-refractivity contribution in [3.8, 4) is 0 Å². The van der Waals surface area contributed by atoms with Gasteiger partial charge in [0.2, 0.25) is 0 Å². The van der Waals surface area contributed by atoms with E-state index in [1.165, 1.54) is 24.0 Å². The number of hydrogen-bond acceptors (Lipinski definition) is 3. The van der Waals surface area contributed by atoms with E-state index in [0.717, 1.165) is 64.6 Å². The van der Waals surface area contributed by atoms with Crippen LogP contribution in [0.2, 0.25) is 0 Å². The zero-order valence-electron chi connectivity index (χ0n) is 18.5. The Morgan fingerprint density at radius 1 is 1.28 bits per heavy atom. The van der Waals surface area contributed by atoms with E-state index in [4.69, 9.17) is 14.5 Å². The molecule has 3 rings (SSSR count). The summed E-state index contributed by atoms with van der Waals surface area (Å²) in [5, 5.41) is 3.48. The molecule has 29 heavy (non-hydrogen) atoms. The SMILES string of the molecule is CCNC(=NCC(C)c1cccc(C)c1)N1CCC(OCC2CCCCO2)CC1. The first kappa shape index (κ1) is 22.1. The second-order valence-electron chi connectivity index (χ2n) is 8.52. The first-order chi connectivity index (χ1) is 14.2. The van der Waals surface area contributed by atoms with Gasteiger partial charge in [-0.3, -0.25) is 4.99 Å². The fourth-order valence-electron chi connectivity index (χ4n) is 4.15. The second kappa shape index (κ2) is 11.6. The van der Waals surface area contributed by atoms with E-state index in [1.807, 2.05) is 0 Å². The summed E-state index contributed by atoms with van der Waals surface area (Å²) in [7, 11) is 0. The van der Waals surface area contributed by atoms with Crippen LogP contribution in [0.25, 0.3) is 0 Å². The van der Waals surface area contributed by atoms with Crippen molar-refractivity contribution in [2.75, 3.05) is 39.4 Å². The Labute approximate surface area is 176 Å². The number of rotatable bonds is 7. The average Bonchev–Trinajstić information content (AvgIpc) is 2.76. The number of benzene rings is 1. The molecule has 2 heterocycles. The molecule has 5 nitrogen and oxygen atoms in total. The molecule has 0 aliphatic carbocycles. The van der Waals surface area contributed by atoms with Crippen molar-refractivity contribution < 1.29 is 9.47 Å². The molecule has 5 heteroatoms. The van der Waals surface area contributed by atoms with Crippen LogP contribution in [0.5, 0.6) is 0 Å². The first-order valence-corrected chi connectivity index (χ1v) is 11.5. The number of nitrogens with zero attached hydrogens (tertiary/aromatic N) is 2. The highest BCUT2D eigenvalue weighted by Crippen LogP contribution is 2.19. The lowest BCUT2D eigenvalue weighted by Gasteiger charge is -2.35. The van der Waals surface area contributed by atoms with Crippen LogP contribution in [-0.4, -0.2) is 62.5 Å². The van der Waals surface area contributed by atoms with Crippen LogP contribution < -0.4 is 5.32 Å². The molecule has 0 aromatic heterocycles. The molecule has 162 valence electrons. The monoisotopic (exact) mass is 401 g/mol. The van der Waals surface area contributed by atoms with Crippen LogP contribution in [-0.2, 0) is 9.47 Å². The molecule has 2 aliphatic heterocycles. The molecule has 2 atom stereocenters. The maximum Gasteiger partial charge on any atom is 0.193 e. The number of likely N-dealkylation sites (tertiary alicyclic amines) is 1. The van der Waals surface area contributed by atoms with Gasteiger partial charge >= 0.3 is 0 Å². The summed E-state index contributed by atoms with van der Waals surface area (Å²) >= 11 is 0. The Balaban J connectivity index is 1.47. The molecule has 1 aromatic carbocycles. The summed E-state index contributed by atoms with van der Waals surface area (Å²) in [4.78, 5) is 7.35. The third kappa shape index (κ3) is 7.00. The van der Waals surface area contributed by atoms with Crippen LogP contribution in [0, 0.1) is 6.92 Å². The molecule has 2 unspecified atom stereocenters. The molecule has 0 amide bonds. The largest absolute Gasteiger partial charge is 0.376 e. The van der Waals surface area contributed by atoms with E-state index in [2.05, 4.69) is 55.3 Å². The zero-order valence-corrected chi connectivity index (χ0v) is 18.5. The highest BCUT2D eigenvalue weighted by Gasteiger charge is 2.24. The molecule has 2 saturated heterocycles. The molecule has 1 N–H and O–H groups in total. The summed E-state index contributed by atoms with van der Waals surface area (Å²) in [6.07, 6.45) is 6.40. The van der Waals surface area contributed by atoms with Gasteiger partial charge in [-0.25, -0.2) is 0 Å². The summed E-state index contributed by atoms with van der Waals surface area (Å²) in [5.41, 5.74) is 2.67. The average molecular weight is 402 g/mol. The molecular formula is C24H39N3O2. The minimum atomic E-state index is 0.309. The second-order valence-corrected chi connectivity index (χ2v) is 8.52. The summed E-state index contributed by atoms with van der Waals surface area (Å²) in [6, 6.07) is 8.76. The molecule has 1 aromatic rings. The molecule has 2 fully saturated rings. The van der Waals surface area contributed by atoms with Gasteiger partial charge in [0.1, 0.15) is 0 Å². The molecule has 2 aliphatic rings. The van der Waals surface area contributed by atoms with Crippen LogP contribution >= 0.6 is 0 Å². The standard InChI is InChI=1S/C24H39N3O2/c1-4-25-24(26-17-20(3)21-9-7-8-19(2)16-21)27-13-11-22(12-14-27)29-18-23-10-5-6-15-28-23/h7-9,16,20,22-23H,4-6,10-15,17-18H2,1-3H3,(H,25,26). The Morgan fingerprint density at radius 3 is 2.79 bits per heavy atom. The molecule has 0 saturated carbocycles. The van der Waals surface area contributed by atoms with Crippen molar-refractivity contribution in [3.05, 3.63) is 35.4 Å². The lowest BCUT2D eigenvalue weighted by atomic mass is 10.00. The van der Waals surface area contributed by atoms with Crippen LogP contribution in [0.1, 0.15) is 63.0 Å². The minimum absolute atomic E-state index is 0.309. The normalized spacial score (nSPS) is 22.5. The van der Waals surface area contributed by atoms with Crippen molar-refractivity contribution in [3.63, 3.8) is 0 Å². The third-order valence-electron chi connectivity index (χ3n) is 5.99. The van der Waals surface area contributed by atoms with Gasteiger partial charge in [-0.05, 0) is 51.5 Å². The lowest BCUT2D eigenvalue weighted by Crippen LogP contribution is -2.47. The van der Waals surface area contributed by atoms with Crippen LogP contribution in [0.3, 0.4) is 0 Å². The van der Waals surface area contributed by atoms with Gasteiger partial charge in [0.15, 0.2) is 5.96 Å². The van der Waals surface area contributed by atoms with Gasteiger partial charge in [0.05, 0.1) is 18.8 Å². The fourth-order valence-corrected chi connectivity index (χ4v) is 4.15. The van der Waals surface area contributed by atoms with E-state index in [0.29, 0.717) is 18.1 Å². The van der Waals surface area contributed by atoms with Gasteiger partial charge in [-0.15, -0.1) is 0 Å². The quantitative estimate of drug-likeness (QED) is 0.552. The van der Waals surface area contributed by atoms with Crippen molar-refractivity contribution in [2.24, 2.45) is 4.99 Å². The number of guanidine groups is 1. The predicted molar refractivity (Wildman–Crippen MR) is 120 cm³/mol. The Morgan fingerprint density at radius 2 is 2.10 bits per heavy atom. The summed E-state index contributed by atoms with van der Waals surface area (Å²) in [6.45, 7) is 11.9. The van der Waals surface area contributed by atoms with E-state index < -0.39 is 0 Å². The number of aliphatic imine (C=N–C) groups is 1. The maximum absolute atomic E-state index is 6.17. The molecule has 0 bridgehead atoms. The van der Waals surface area contributed by atoms with Crippen molar-refractivity contribution in [1.82, 2.24) is 10.2 Å². The molecular weight excluding hydrogens is 362 g/mol. The van der Waals surface area contributed by atoms with Gasteiger partial charge in [-0.2, -0.15) is 0 Å². The predicted octanol–water partition coefficient (Wildman–Crippen LogP) is 4.11. The van der Waals surface area contributed by atoms with E-state index in [9.17, 15) is 0 Å². The van der Waals surface area contributed by atoms with Gasteiger partial charge in [-0.1, -0.05) is 36.8 Å². The van der Waals surface area contributed by atoms with Crippen molar-refractivity contribution in [1.29, 1.82) is 0 Å². The molecule has 0 radical (unpaired) electrons. The molecule has 0 spiro atoms. The Hall–Kier alpha value is -1.59. The highest BCUT2D eigenvalue weighted by molar-refractivity contribution is 5.80. The fraction of sp³-hybridized carbons (Fsp3) is 0.708. The lowest BCUT2D eigenvalue weighted by molar-refractivity contribution is -0.0721. The zero-order chi connectivity index (χ0) is 20.5. The summed E-state index contributed by atoms with van der Waals surface area (Å²) < 4.78 is 12.0.